The van der Waals surface area contributed by atoms with Gasteiger partial charge in [-0.15, -0.1) is 0 Å². The highest BCUT2D eigenvalue weighted by Crippen LogP contribution is 2.30. The minimum Gasteiger partial charge on any atom is -0.320 e. The predicted molar refractivity (Wildman–Crippen MR) is 97.7 cm³/mol. The van der Waals surface area contributed by atoms with E-state index in [0.717, 1.165) is 48.4 Å². The molecule has 1 aliphatic carbocycles. The minimum atomic E-state index is -0.474. The summed E-state index contributed by atoms with van der Waals surface area (Å²) in [6, 6.07) is 3.20. The van der Waals surface area contributed by atoms with Crippen LogP contribution in [0.15, 0.2) is 30.9 Å². The summed E-state index contributed by atoms with van der Waals surface area (Å²) in [6.45, 7) is 4.21. The van der Waals surface area contributed by atoms with Gasteiger partial charge in [0.05, 0.1) is 11.7 Å². The molecule has 0 spiro atoms. The third-order valence-corrected chi connectivity index (χ3v) is 5.05. The summed E-state index contributed by atoms with van der Waals surface area (Å²) < 4.78 is 0. The van der Waals surface area contributed by atoms with Crippen LogP contribution in [-0.2, 0) is 4.79 Å². The first-order valence-electron chi connectivity index (χ1n) is 8.84. The molecule has 1 atom stereocenters. The van der Waals surface area contributed by atoms with Gasteiger partial charge < -0.3 is 11.1 Å². The second kappa shape index (κ2) is 7.70. The normalized spacial score (nSPS) is 21.6. The number of nitrogens with one attached hydrogen (secondary N) is 1. The fraction of sp³-hybridized carbons (Fsp3) is 0.474. The molecule has 0 bridgehead atoms. The molecule has 3 N–H and O–H groups in total. The molecule has 6 nitrogen and oxygen atoms in total. The summed E-state index contributed by atoms with van der Waals surface area (Å²) in [6.07, 6.45) is 9.33. The molecular formula is C19H25N5O. The molecule has 0 saturated heterocycles. The van der Waals surface area contributed by atoms with Crippen molar-refractivity contribution in [3.63, 3.8) is 0 Å². The van der Waals surface area contributed by atoms with Gasteiger partial charge in [0.2, 0.25) is 5.91 Å². The maximum absolute atomic E-state index is 12.4. The Morgan fingerprint density at radius 3 is 2.60 bits per heavy atom. The second-order valence-corrected chi connectivity index (χ2v) is 7.02. The van der Waals surface area contributed by atoms with Gasteiger partial charge in [0.25, 0.3) is 0 Å². The first kappa shape index (κ1) is 17.5. The molecule has 132 valence electrons. The minimum absolute atomic E-state index is 0.155. The zero-order chi connectivity index (χ0) is 17.8. The molecule has 1 saturated carbocycles. The first-order valence-corrected chi connectivity index (χ1v) is 8.84. The molecule has 0 aromatic carbocycles. The maximum Gasteiger partial charge on any atom is 0.242 e. The van der Waals surface area contributed by atoms with Crippen molar-refractivity contribution < 1.29 is 4.79 Å². The molecule has 1 amide bonds. The monoisotopic (exact) mass is 339 g/mol. The number of aryl methyl sites for hydroxylation is 1. The Hall–Kier alpha value is -2.34. The Morgan fingerprint density at radius 2 is 1.96 bits per heavy atom. The van der Waals surface area contributed by atoms with Crippen LogP contribution in [0.1, 0.15) is 38.2 Å². The van der Waals surface area contributed by atoms with Gasteiger partial charge in [-0.2, -0.15) is 0 Å². The quantitative estimate of drug-likeness (QED) is 0.893. The molecule has 6 heteroatoms. The van der Waals surface area contributed by atoms with Gasteiger partial charge in [0, 0.05) is 18.0 Å². The highest BCUT2D eigenvalue weighted by atomic mass is 16.2. The number of pyridine rings is 1. The van der Waals surface area contributed by atoms with Crippen molar-refractivity contribution in [2.75, 3.05) is 5.32 Å². The van der Waals surface area contributed by atoms with E-state index in [1.54, 1.807) is 18.5 Å². The summed E-state index contributed by atoms with van der Waals surface area (Å²) in [7, 11) is 0. The van der Waals surface area contributed by atoms with E-state index < -0.39 is 6.04 Å². The van der Waals surface area contributed by atoms with Crippen molar-refractivity contribution in [3.05, 3.63) is 36.4 Å². The van der Waals surface area contributed by atoms with E-state index in [1.807, 2.05) is 13.0 Å². The van der Waals surface area contributed by atoms with Gasteiger partial charge >= 0.3 is 0 Å². The maximum atomic E-state index is 12.4. The Bertz CT molecular complexity index is 723. The molecule has 0 aliphatic heterocycles. The molecule has 2 aromatic heterocycles. The lowest BCUT2D eigenvalue weighted by Crippen LogP contribution is -2.43. The van der Waals surface area contributed by atoms with Crippen LogP contribution in [-0.4, -0.2) is 26.9 Å². The third kappa shape index (κ3) is 4.20. The van der Waals surface area contributed by atoms with E-state index >= 15 is 0 Å². The Morgan fingerprint density at radius 1 is 1.20 bits per heavy atom. The summed E-state index contributed by atoms with van der Waals surface area (Å²) in [5.74, 6) is 1.36. The number of anilines is 1. The van der Waals surface area contributed by atoms with E-state index in [-0.39, 0.29) is 11.8 Å². The number of nitrogens with two attached hydrogens (primary N) is 1. The van der Waals surface area contributed by atoms with Crippen molar-refractivity contribution in [2.45, 2.75) is 45.6 Å². The van der Waals surface area contributed by atoms with Crippen LogP contribution < -0.4 is 11.1 Å². The Kier molecular flexibility index (Phi) is 5.38. The number of amides is 1. The van der Waals surface area contributed by atoms with Crippen LogP contribution in [0.2, 0.25) is 0 Å². The molecule has 2 heterocycles. The highest BCUT2D eigenvalue weighted by molar-refractivity contribution is 5.94. The van der Waals surface area contributed by atoms with Crippen molar-refractivity contribution in [1.29, 1.82) is 0 Å². The largest absolute Gasteiger partial charge is 0.320 e. The van der Waals surface area contributed by atoms with Crippen LogP contribution in [0.25, 0.3) is 11.3 Å². The molecule has 0 radical (unpaired) electrons. The fourth-order valence-corrected chi connectivity index (χ4v) is 3.38. The average Bonchev–Trinajstić information content (AvgIpc) is 2.63. The average molecular weight is 339 g/mol. The van der Waals surface area contributed by atoms with Crippen molar-refractivity contribution in [1.82, 2.24) is 15.0 Å². The van der Waals surface area contributed by atoms with Crippen LogP contribution in [0.3, 0.4) is 0 Å². The zero-order valence-corrected chi connectivity index (χ0v) is 14.8. The number of nitrogens with zero attached hydrogens (tertiary/aromatic N) is 3. The highest BCUT2D eigenvalue weighted by Gasteiger charge is 2.28. The lowest BCUT2D eigenvalue weighted by atomic mass is 9.79. The van der Waals surface area contributed by atoms with Crippen LogP contribution >= 0.6 is 0 Å². The van der Waals surface area contributed by atoms with E-state index in [4.69, 9.17) is 5.73 Å². The molecule has 25 heavy (non-hydrogen) atoms. The van der Waals surface area contributed by atoms with Gasteiger partial charge in [-0.1, -0.05) is 19.8 Å². The van der Waals surface area contributed by atoms with Crippen molar-refractivity contribution >= 4 is 11.7 Å². The van der Waals surface area contributed by atoms with E-state index in [1.165, 1.54) is 6.33 Å². The first-order chi connectivity index (χ1) is 12.0. The fourth-order valence-electron chi connectivity index (χ4n) is 3.38. The second-order valence-electron chi connectivity index (χ2n) is 7.02. The Balaban J connectivity index is 1.63. The number of carbonyl (C=O) groups is 1. The number of carbonyl (C=O) groups excluding carboxylic acids is 1. The van der Waals surface area contributed by atoms with Gasteiger partial charge in [-0.25, -0.2) is 15.0 Å². The van der Waals surface area contributed by atoms with Crippen LogP contribution in [0.5, 0.6) is 0 Å². The van der Waals surface area contributed by atoms with Crippen LogP contribution in [0, 0.1) is 18.8 Å². The van der Waals surface area contributed by atoms with Gasteiger partial charge in [0.1, 0.15) is 12.1 Å². The number of aromatic nitrogens is 3. The summed E-state index contributed by atoms with van der Waals surface area (Å²) in [4.78, 5) is 25.0. The van der Waals surface area contributed by atoms with Crippen molar-refractivity contribution in [3.8, 4) is 11.3 Å². The molecule has 2 aromatic rings. The summed E-state index contributed by atoms with van der Waals surface area (Å²) >= 11 is 0. The van der Waals surface area contributed by atoms with Gasteiger partial charge in [-0.05, 0) is 49.3 Å². The van der Waals surface area contributed by atoms with Crippen molar-refractivity contribution in [2.24, 2.45) is 17.6 Å². The van der Waals surface area contributed by atoms with E-state index in [9.17, 15) is 4.79 Å². The molecule has 3 rings (SSSR count). The SMILES string of the molecule is Cc1cncnc1-c1ccc(NC(=O)[C@@H](N)C2CCC(C)CC2)nc1. The number of hydrogen-bond donors (Lipinski definition) is 2. The molecule has 1 aliphatic rings. The Labute approximate surface area is 148 Å². The predicted octanol–water partition coefficient (Wildman–Crippen LogP) is 2.94. The summed E-state index contributed by atoms with van der Waals surface area (Å²) in [5, 5.41) is 2.84. The smallest absolute Gasteiger partial charge is 0.242 e. The van der Waals surface area contributed by atoms with Gasteiger partial charge in [0.15, 0.2) is 0 Å². The topological polar surface area (TPSA) is 93.8 Å². The third-order valence-electron chi connectivity index (χ3n) is 5.05. The number of hydrogen-bond acceptors (Lipinski definition) is 5. The zero-order valence-electron chi connectivity index (χ0n) is 14.8. The summed E-state index contributed by atoms with van der Waals surface area (Å²) in [5.41, 5.74) is 8.88. The molecular weight excluding hydrogens is 314 g/mol. The van der Waals surface area contributed by atoms with Gasteiger partial charge in [-0.3, -0.25) is 4.79 Å². The lowest BCUT2D eigenvalue weighted by Gasteiger charge is -2.29. The standard InChI is InChI=1S/C19H25N5O/c1-12-3-5-14(6-4-12)17(20)19(25)24-16-8-7-15(10-22-16)18-13(2)9-21-11-23-18/h7-12,14,17H,3-6,20H2,1-2H3,(H,22,24,25)/t12?,14?,17-/m0/s1. The lowest BCUT2D eigenvalue weighted by molar-refractivity contribution is -0.118. The van der Waals surface area contributed by atoms with Crippen LogP contribution in [0.4, 0.5) is 5.82 Å². The number of rotatable bonds is 4. The van der Waals surface area contributed by atoms with E-state index in [0.29, 0.717) is 5.82 Å². The van der Waals surface area contributed by atoms with E-state index in [2.05, 4.69) is 27.2 Å². The molecule has 0 unspecified atom stereocenters. The molecule has 1 fully saturated rings.